The quantitative estimate of drug-likeness (QED) is 0.795. The van der Waals surface area contributed by atoms with Crippen LogP contribution in [0.2, 0.25) is 5.02 Å². The highest BCUT2D eigenvalue weighted by molar-refractivity contribution is 6.30. The summed E-state index contributed by atoms with van der Waals surface area (Å²) in [5, 5.41) is 11.5. The Labute approximate surface area is 138 Å². The first kappa shape index (κ1) is 15.3. The Morgan fingerprint density at radius 1 is 1.26 bits per heavy atom. The number of amides is 1. The van der Waals surface area contributed by atoms with Crippen LogP contribution in [0.4, 0.5) is 5.82 Å². The van der Waals surface area contributed by atoms with Gasteiger partial charge in [-0.25, -0.2) is 0 Å². The number of rotatable bonds is 4. The molecule has 3 aromatic rings. The number of benzene rings is 1. The molecule has 0 saturated heterocycles. The highest BCUT2D eigenvalue weighted by atomic mass is 35.5. The minimum atomic E-state index is -0.373. The van der Waals surface area contributed by atoms with E-state index in [4.69, 9.17) is 16.1 Å². The van der Waals surface area contributed by atoms with Gasteiger partial charge in [-0.2, -0.15) is 5.10 Å². The van der Waals surface area contributed by atoms with Crippen LogP contribution in [0.5, 0.6) is 0 Å². The van der Waals surface area contributed by atoms with E-state index in [-0.39, 0.29) is 11.7 Å². The van der Waals surface area contributed by atoms with Gasteiger partial charge in [-0.3, -0.25) is 9.48 Å². The molecule has 1 N–H and O–H groups in total. The number of nitrogens with one attached hydrogen (secondary N) is 1. The Kier molecular flexibility index (Phi) is 4.16. The van der Waals surface area contributed by atoms with Crippen LogP contribution >= 0.6 is 11.6 Å². The molecule has 7 heteroatoms. The topological polar surface area (TPSA) is 73.0 Å². The average molecular weight is 331 g/mol. The molecule has 0 aliphatic carbocycles. The summed E-state index contributed by atoms with van der Waals surface area (Å²) in [5.41, 5.74) is 2.66. The highest BCUT2D eigenvalue weighted by Gasteiger charge is 2.14. The normalized spacial score (nSPS) is 10.7. The fourth-order valence-electron chi connectivity index (χ4n) is 2.14. The first-order chi connectivity index (χ1) is 11.0. The van der Waals surface area contributed by atoms with Crippen LogP contribution in [0.3, 0.4) is 0 Å². The van der Waals surface area contributed by atoms with E-state index in [1.807, 2.05) is 35.9 Å². The zero-order valence-electron chi connectivity index (χ0n) is 12.7. The van der Waals surface area contributed by atoms with E-state index in [0.29, 0.717) is 23.1 Å². The lowest BCUT2D eigenvalue weighted by atomic mass is 10.2. The number of hydrogen-bond acceptors (Lipinski definition) is 4. The minimum Gasteiger partial charge on any atom is -0.351 e. The number of hydrogen-bond donors (Lipinski definition) is 1. The molecule has 0 fully saturated rings. The van der Waals surface area contributed by atoms with Crippen molar-refractivity contribution in [3.63, 3.8) is 0 Å². The molecule has 2 heterocycles. The van der Waals surface area contributed by atoms with Crippen LogP contribution in [-0.4, -0.2) is 20.8 Å². The number of carbonyl (C=O) groups is 1. The lowest BCUT2D eigenvalue weighted by molar-refractivity contribution is 0.0987. The Morgan fingerprint density at radius 3 is 2.65 bits per heavy atom. The summed E-state index contributed by atoms with van der Waals surface area (Å²) in [6.07, 6.45) is 0. The van der Waals surface area contributed by atoms with Gasteiger partial charge in [-0.15, -0.1) is 0 Å². The molecule has 0 aliphatic heterocycles. The monoisotopic (exact) mass is 330 g/mol. The zero-order valence-corrected chi connectivity index (χ0v) is 13.5. The molecule has 0 bridgehead atoms. The van der Waals surface area contributed by atoms with E-state index < -0.39 is 0 Å². The van der Waals surface area contributed by atoms with Crippen LogP contribution in [0.15, 0.2) is 40.9 Å². The van der Waals surface area contributed by atoms with Crippen molar-refractivity contribution in [2.45, 2.75) is 20.4 Å². The lowest BCUT2D eigenvalue weighted by Gasteiger charge is -2.04. The molecular weight excluding hydrogens is 316 g/mol. The predicted octanol–water partition coefficient (Wildman–Crippen LogP) is 3.44. The maximum atomic E-state index is 12.0. The van der Waals surface area contributed by atoms with Crippen molar-refractivity contribution < 1.29 is 9.32 Å². The van der Waals surface area contributed by atoms with Gasteiger partial charge in [0, 0.05) is 22.8 Å². The molecule has 0 unspecified atom stereocenters. The zero-order chi connectivity index (χ0) is 16.4. The minimum absolute atomic E-state index is 0.160. The van der Waals surface area contributed by atoms with Crippen molar-refractivity contribution in [3.05, 3.63) is 64.1 Å². The Balaban J connectivity index is 1.73. The summed E-state index contributed by atoms with van der Waals surface area (Å²) in [4.78, 5) is 12.0. The van der Waals surface area contributed by atoms with Crippen molar-refractivity contribution in [1.29, 1.82) is 0 Å². The molecule has 0 aliphatic rings. The second kappa shape index (κ2) is 6.26. The number of anilines is 1. The SMILES string of the molecule is Cc1cc(C(=O)Nc2cc(C)n(Cc3ccc(Cl)cc3)n2)on1. The van der Waals surface area contributed by atoms with E-state index in [1.165, 1.54) is 0 Å². The summed E-state index contributed by atoms with van der Waals surface area (Å²) in [6.45, 7) is 4.28. The number of halogens is 1. The van der Waals surface area contributed by atoms with Gasteiger partial charge in [0.05, 0.1) is 12.2 Å². The van der Waals surface area contributed by atoms with Crippen LogP contribution < -0.4 is 5.32 Å². The lowest BCUT2D eigenvalue weighted by Crippen LogP contribution is -2.12. The third kappa shape index (κ3) is 3.60. The first-order valence-electron chi connectivity index (χ1n) is 7.05. The molecule has 0 radical (unpaired) electrons. The molecule has 0 saturated carbocycles. The molecule has 3 rings (SSSR count). The maximum Gasteiger partial charge on any atom is 0.295 e. The Morgan fingerprint density at radius 2 is 2.00 bits per heavy atom. The summed E-state index contributed by atoms with van der Waals surface area (Å²) >= 11 is 5.88. The van der Waals surface area contributed by atoms with Gasteiger partial charge in [0.25, 0.3) is 5.91 Å². The Bertz CT molecular complexity index is 836. The molecule has 6 nitrogen and oxygen atoms in total. The van der Waals surface area contributed by atoms with Gasteiger partial charge in [0.2, 0.25) is 5.76 Å². The largest absolute Gasteiger partial charge is 0.351 e. The molecule has 118 valence electrons. The molecule has 1 amide bonds. The summed E-state index contributed by atoms with van der Waals surface area (Å²) in [7, 11) is 0. The van der Waals surface area contributed by atoms with Gasteiger partial charge < -0.3 is 9.84 Å². The van der Waals surface area contributed by atoms with Crippen molar-refractivity contribution >= 4 is 23.3 Å². The van der Waals surface area contributed by atoms with E-state index in [2.05, 4.69) is 15.6 Å². The molecule has 1 aromatic carbocycles. The summed E-state index contributed by atoms with van der Waals surface area (Å²) < 4.78 is 6.74. The van der Waals surface area contributed by atoms with Crippen molar-refractivity contribution in [2.24, 2.45) is 0 Å². The van der Waals surface area contributed by atoms with Crippen LogP contribution in [0, 0.1) is 13.8 Å². The second-order valence-corrected chi connectivity index (χ2v) is 5.68. The summed E-state index contributed by atoms with van der Waals surface area (Å²) in [5.74, 6) is 0.254. The molecule has 23 heavy (non-hydrogen) atoms. The van der Waals surface area contributed by atoms with Gasteiger partial charge >= 0.3 is 0 Å². The highest BCUT2D eigenvalue weighted by Crippen LogP contribution is 2.15. The van der Waals surface area contributed by atoms with Crippen molar-refractivity contribution in [3.8, 4) is 0 Å². The predicted molar refractivity (Wildman–Crippen MR) is 86.7 cm³/mol. The van der Waals surface area contributed by atoms with Gasteiger partial charge in [-0.05, 0) is 31.5 Å². The van der Waals surface area contributed by atoms with Crippen LogP contribution in [-0.2, 0) is 6.54 Å². The van der Waals surface area contributed by atoms with E-state index >= 15 is 0 Å². The fraction of sp³-hybridized carbons (Fsp3) is 0.188. The van der Waals surface area contributed by atoms with E-state index in [1.54, 1.807) is 19.1 Å². The standard InChI is InChI=1S/C16H15ClN4O2/c1-10-7-14(23-20-10)16(22)18-15-8-11(2)21(19-15)9-12-3-5-13(17)6-4-12/h3-8H,9H2,1-2H3,(H,18,19,22). The number of carbonyl (C=O) groups excluding carboxylic acids is 1. The number of nitrogens with zero attached hydrogens (tertiary/aromatic N) is 3. The number of aromatic nitrogens is 3. The van der Waals surface area contributed by atoms with Gasteiger partial charge in [0.1, 0.15) is 0 Å². The molecular formula is C16H15ClN4O2. The third-order valence-electron chi connectivity index (χ3n) is 3.32. The first-order valence-corrected chi connectivity index (χ1v) is 7.42. The maximum absolute atomic E-state index is 12.0. The fourth-order valence-corrected chi connectivity index (χ4v) is 2.27. The van der Waals surface area contributed by atoms with Crippen LogP contribution in [0.1, 0.15) is 27.5 Å². The van der Waals surface area contributed by atoms with Crippen molar-refractivity contribution in [2.75, 3.05) is 5.32 Å². The average Bonchev–Trinajstić information content (AvgIpc) is 3.08. The number of aryl methyl sites for hydroxylation is 2. The van der Waals surface area contributed by atoms with Gasteiger partial charge in [0.15, 0.2) is 5.82 Å². The smallest absolute Gasteiger partial charge is 0.295 e. The molecule has 0 spiro atoms. The molecule has 2 aromatic heterocycles. The Hall–Kier alpha value is -2.60. The van der Waals surface area contributed by atoms with E-state index in [9.17, 15) is 4.79 Å². The van der Waals surface area contributed by atoms with E-state index in [0.717, 1.165) is 11.3 Å². The third-order valence-corrected chi connectivity index (χ3v) is 3.57. The van der Waals surface area contributed by atoms with Crippen LogP contribution in [0.25, 0.3) is 0 Å². The molecule has 0 atom stereocenters. The van der Waals surface area contributed by atoms with Gasteiger partial charge in [-0.1, -0.05) is 28.9 Å². The second-order valence-electron chi connectivity index (χ2n) is 5.24. The van der Waals surface area contributed by atoms with Crippen molar-refractivity contribution in [1.82, 2.24) is 14.9 Å². The summed E-state index contributed by atoms with van der Waals surface area (Å²) in [6, 6.07) is 10.9.